The van der Waals surface area contributed by atoms with E-state index in [2.05, 4.69) is 12.5 Å². The van der Waals surface area contributed by atoms with Gasteiger partial charge in [0.2, 0.25) is 11.4 Å². The maximum Gasteiger partial charge on any atom is 0.400 e. The number of hydrogen-bond donors (Lipinski definition) is 0. The molecule has 1 aliphatic rings. The molecule has 1 aliphatic heterocycles. The third-order valence-electron chi connectivity index (χ3n) is 5.04. The van der Waals surface area contributed by atoms with Gasteiger partial charge < -0.3 is 14.2 Å². The van der Waals surface area contributed by atoms with Gasteiger partial charge in [0.05, 0.1) is 13.2 Å². The lowest BCUT2D eigenvalue weighted by atomic mass is 9.99. The van der Waals surface area contributed by atoms with Crippen LogP contribution in [0.4, 0.5) is 0 Å². The molecule has 0 bridgehead atoms. The average molecular weight is 919 g/mol. The first-order valence-corrected chi connectivity index (χ1v) is 19.4. The molecule has 1 saturated heterocycles. The Balaban J connectivity index is 2.55. The summed E-state index contributed by atoms with van der Waals surface area (Å²) in [5.74, 6) is 0. The van der Waals surface area contributed by atoms with Crippen LogP contribution < -0.4 is 0 Å². The van der Waals surface area contributed by atoms with Crippen LogP contribution >= 0.6 is 104 Å². The summed E-state index contributed by atoms with van der Waals surface area (Å²) in [6.45, 7) is -4.45. The summed E-state index contributed by atoms with van der Waals surface area (Å²) in [4.78, 5) is 0. The third kappa shape index (κ3) is 18.1. The molecule has 274 valence electrons. The predicted molar refractivity (Wildman–Crippen MR) is 172 cm³/mol. The molecular weight excluding hydrogens is 895 g/mol. The highest BCUT2D eigenvalue weighted by atomic mass is 35.6. The minimum atomic E-state index is -5.23. The van der Waals surface area contributed by atoms with Crippen LogP contribution in [0, 0.1) is 0 Å². The lowest BCUT2D eigenvalue weighted by molar-refractivity contribution is -0.292. The molecule has 27 heteroatoms. The van der Waals surface area contributed by atoms with E-state index in [9.17, 15) is 25.3 Å². The van der Waals surface area contributed by atoms with E-state index in [-0.39, 0.29) is 6.61 Å². The number of benzene rings is 1. The van der Waals surface area contributed by atoms with E-state index in [1.807, 2.05) is 0 Å². The molecule has 0 aromatic heterocycles. The van der Waals surface area contributed by atoms with E-state index in [0.29, 0.717) is 5.56 Å². The molecule has 0 N–H and O–H groups in total. The van der Waals surface area contributed by atoms with Crippen molar-refractivity contribution in [2.75, 3.05) is 33.5 Å². The van der Waals surface area contributed by atoms with E-state index in [1.165, 1.54) is 0 Å². The molecule has 15 nitrogen and oxygen atoms in total. The summed E-state index contributed by atoms with van der Waals surface area (Å²) in [6.07, 6.45) is -9.66. The van der Waals surface area contributed by atoms with Crippen LogP contribution in [0.2, 0.25) is 0 Å². The molecule has 2 rings (SSSR count). The van der Waals surface area contributed by atoms with E-state index >= 15 is 0 Å². The summed E-state index contributed by atoms with van der Waals surface area (Å²) in [5, 5.41) is 0. The molecule has 5 atom stereocenters. The van der Waals surface area contributed by atoms with Crippen molar-refractivity contribution in [3.63, 3.8) is 0 Å². The topological polar surface area (TPSA) is 185 Å². The van der Waals surface area contributed by atoms with Gasteiger partial charge in [-0.25, -0.2) is 25.1 Å². The van der Waals surface area contributed by atoms with Gasteiger partial charge in [0, 0.05) is 7.11 Å². The second-order valence-electron chi connectivity index (χ2n) is 8.80. The fourth-order valence-corrected chi connectivity index (χ4v) is 6.79. The minimum absolute atomic E-state index is 0.336. The Kier molecular flexibility index (Phi) is 17.4. The van der Waals surface area contributed by atoms with Crippen LogP contribution in [-0.2, 0) is 77.1 Å². The summed E-state index contributed by atoms with van der Waals surface area (Å²) >= 11 is 50.0. The molecule has 1 fully saturated rings. The van der Waals surface area contributed by atoms with Crippen LogP contribution in [0.3, 0.4) is 0 Å². The van der Waals surface area contributed by atoms with Gasteiger partial charge in [-0.2, -0.15) is 25.3 Å². The monoisotopic (exact) mass is 914 g/mol. The fraction of sp³-hybridized carbons (Fsp3) is 0.700. The first-order valence-electron chi connectivity index (χ1n) is 12.0. The molecule has 1 heterocycles. The number of halogens is 9. The molecule has 0 saturated carbocycles. The van der Waals surface area contributed by atoms with Crippen molar-refractivity contribution < 1.29 is 64.6 Å². The van der Waals surface area contributed by atoms with Crippen molar-refractivity contribution in [3.8, 4) is 0 Å². The molecule has 1 aromatic rings. The number of rotatable bonds is 17. The average Bonchev–Trinajstić information content (AvgIpc) is 2.93. The standard InChI is InChI=1S/C20H23Cl9O15S3/c1-36-17-16(44-47(34,35)41-11-20(27,28)29)15(43-46(32,33)40-10-19(24,25)26)14(37-7-12-5-3-2-4-6-12)13(42-17)8-38-45(30,31)39-9-18(21,22)23/h2-6,13-17H,7-11H2,1H3/t13-,14-,15+,16-,17+/m1/s1. The fourth-order valence-electron chi connectivity index (χ4n) is 3.31. The van der Waals surface area contributed by atoms with Crippen LogP contribution in [0.1, 0.15) is 5.56 Å². The van der Waals surface area contributed by atoms with Crippen molar-refractivity contribution in [1.29, 1.82) is 0 Å². The Labute approximate surface area is 315 Å². The van der Waals surface area contributed by atoms with Gasteiger partial charge in [0.25, 0.3) is 0 Å². The molecule has 0 radical (unpaired) electrons. The Morgan fingerprint density at radius 3 is 1.53 bits per heavy atom. The predicted octanol–water partition coefficient (Wildman–Crippen LogP) is 4.62. The van der Waals surface area contributed by atoms with Gasteiger partial charge >= 0.3 is 31.2 Å². The Morgan fingerprint density at radius 1 is 0.638 bits per heavy atom. The molecule has 0 spiro atoms. The Morgan fingerprint density at radius 2 is 1.09 bits per heavy atom. The highest BCUT2D eigenvalue weighted by Gasteiger charge is 2.53. The van der Waals surface area contributed by atoms with Gasteiger partial charge in [-0.3, -0.25) is 0 Å². The lowest BCUT2D eigenvalue weighted by Gasteiger charge is -2.43. The van der Waals surface area contributed by atoms with Crippen LogP contribution in [0.5, 0.6) is 0 Å². The van der Waals surface area contributed by atoms with Gasteiger partial charge in [0.15, 0.2) is 12.4 Å². The zero-order valence-corrected chi connectivity index (χ0v) is 32.3. The molecule has 0 unspecified atom stereocenters. The SMILES string of the molecule is CO[C@H]1O[C@H](COS(=O)(=O)OCC(Cl)(Cl)Cl)[C@@H](OCc2ccccc2)[C@H](OS(=O)(=O)OCC(Cl)(Cl)Cl)[C@H]1OS(=O)(=O)OCC(Cl)(Cl)Cl. The number of alkyl halides is 9. The second kappa shape index (κ2) is 18.4. The van der Waals surface area contributed by atoms with Crippen molar-refractivity contribution in [2.24, 2.45) is 0 Å². The zero-order chi connectivity index (χ0) is 35.9. The van der Waals surface area contributed by atoms with Gasteiger partial charge in [-0.05, 0) is 5.56 Å². The van der Waals surface area contributed by atoms with E-state index in [1.54, 1.807) is 30.3 Å². The quantitative estimate of drug-likeness (QED) is 0.197. The smallest absolute Gasteiger partial charge is 0.368 e. The summed E-state index contributed by atoms with van der Waals surface area (Å²) < 4.78 is 115. The summed E-state index contributed by atoms with van der Waals surface area (Å²) in [7, 11) is -14.3. The minimum Gasteiger partial charge on any atom is -0.368 e. The Bertz CT molecular complexity index is 1450. The maximum atomic E-state index is 12.9. The van der Waals surface area contributed by atoms with Gasteiger partial charge in [0.1, 0.15) is 38.1 Å². The normalized spacial score (nSPS) is 23.6. The van der Waals surface area contributed by atoms with Crippen molar-refractivity contribution in [2.45, 2.75) is 48.7 Å². The first-order chi connectivity index (χ1) is 21.3. The first kappa shape index (κ1) is 44.5. The zero-order valence-electron chi connectivity index (χ0n) is 23.1. The van der Waals surface area contributed by atoms with E-state index in [0.717, 1.165) is 7.11 Å². The van der Waals surface area contributed by atoms with Crippen LogP contribution in [0.25, 0.3) is 0 Å². The number of methoxy groups -OCH3 is 1. The Hall–Kier alpha value is 1.32. The molecular formula is C20H23Cl9O15S3. The lowest BCUT2D eigenvalue weighted by Crippen LogP contribution is -2.62. The highest BCUT2D eigenvalue weighted by molar-refractivity contribution is 7.82. The van der Waals surface area contributed by atoms with Crippen LogP contribution in [0.15, 0.2) is 30.3 Å². The second-order valence-corrected chi connectivity index (χ2v) is 20.1. The van der Waals surface area contributed by atoms with Gasteiger partial charge in [-0.1, -0.05) is 135 Å². The van der Waals surface area contributed by atoms with Crippen molar-refractivity contribution in [1.82, 2.24) is 0 Å². The van der Waals surface area contributed by atoms with E-state index in [4.69, 9.17) is 131 Å². The van der Waals surface area contributed by atoms with Crippen molar-refractivity contribution >= 4 is 136 Å². The summed E-state index contributed by atoms with van der Waals surface area (Å²) in [5.41, 5.74) is 0.491. The number of ether oxygens (including phenoxy) is 3. The highest BCUT2D eigenvalue weighted by Crippen LogP contribution is 2.34. The molecule has 1 aromatic carbocycles. The number of hydrogen-bond acceptors (Lipinski definition) is 15. The van der Waals surface area contributed by atoms with Crippen LogP contribution in [-0.4, -0.2) is 101 Å². The summed E-state index contributed by atoms with van der Waals surface area (Å²) in [6, 6.07) is 8.15. The maximum absolute atomic E-state index is 12.9. The molecule has 0 amide bonds. The van der Waals surface area contributed by atoms with E-state index < -0.39 is 99.7 Å². The molecule has 0 aliphatic carbocycles. The van der Waals surface area contributed by atoms with Gasteiger partial charge in [-0.15, -0.1) is 0 Å². The van der Waals surface area contributed by atoms with Crippen molar-refractivity contribution in [3.05, 3.63) is 35.9 Å². The third-order valence-corrected chi connectivity index (χ3v) is 8.59. The largest absolute Gasteiger partial charge is 0.400 e. The molecule has 47 heavy (non-hydrogen) atoms.